The molecule has 1 aliphatic rings. The molecule has 1 aromatic carbocycles. The summed E-state index contributed by atoms with van der Waals surface area (Å²) >= 11 is 0. The van der Waals surface area contributed by atoms with Crippen molar-refractivity contribution in [2.24, 2.45) is 0 Å². The predicted octanol–water partition coefficient (Wildman–Crippen LogP) is 3.01. The second-order valence-electron chi connectivity index (χ2n) is 4.63. The summed E-state index contributed by atoms with van der Waals surface area (Å²) in [5.41, 5.74) is 1.06. The smallest absolute Gasteiger partial charge is 0.198 e. The van der Waals surface area contributed by atoms with Gasteiger partial charge >= 0.3 is 0 Å². The van der Waals surface area contributed by atoms with Crippen molar-refractivity contribution in [3.63, 3.8) is 0 Å². The Morgan fingerprint density at radius 1 is 1.39 bits per heavy atom. The number of hydrogen-bond acceptors (Lipinski definition) is 3. The molecule has 0 atom stereocenters. The minimum atomic E-state index is -0.721. The number of rotatable bonds is 5. The van der Waals surface area contributed by atoms with Crippen LogP contribution in [0.1, 0.15) is 42.6 Å². The average Bonchev–Trinajstić information content (AvgIpc) is 2.89. The summed E-state index contributed by atoms with van der Waals surface area (Å²) in [5.74, 6) is 0.791. The molecule has 0 aliphatic carbocycles. The van der Waals surface area contributed by atoms with E-state index in [1.807, 2.05) is 32.0 Å². The highest BCUT2D eigenvalue weighted by Crippen LogP contribution is 2.34. The lowest BCUT2D eigenvalue weighted by Gasteiger charge is -2.29. The number of fused-ring (bicyclic) bond motifs is 1. The molecule has 1 aliphatic heterocycles. The average molecular weight is 248 g/mol. The van der Waals surface area contributed by atoms with Gasteiger partial charge in [-0.25, -0.2) is 0 Å². The molecule has 0 unspecified atom stereocenters. The van der Waals surface area contributed by atoms with Crippen LogP contribution in [0.5, 0.6) is 5.75 Å². The van der Waals surface area contributed by atoms with E-state index in [0.29, 0.717) is 25.0 Å². The van der Waals surface area contributed by atoms with Crippen LogP contribution < -0.4 is 4.74 Å². The van der Waals surface area contributed by atoms with Crippen molar-refractivity contribution >= 4 is 5.78 Å². The molecule has 98 valence electrons. The maximum absolute atomic E-state index is 12.7. The van der Waals surface area contributed by atoms with Crippen molar-refractivity contribution in [1.29, 1.82) is 0 Å². The highest BCUT2D eigenvalue weighted by atomic mass is 16.5. The maximum atomic E-state index is 12.7. The van der Waals surface area contributed by atoms with Gasteiger partial charge in [-0.1, -0.05) is 26.0 Å². The molecule has 2 rings (SSSR count). The molecule has 0 amide bonds. The number of carbonyl (C=O) groups is 1. The highest BCUT2D eigenvalue weighted by Gasteiger charge is 2.37. The lowest BCUT2D eigenvalue weighted by atomic mass is 9.86. The Hall–Kier alpha value is -1.35. The van der Waals surface area contributed by atoms with Gasteiger partial charge in [-0.2, -0.15) is 0 Å². The molecule has 0 radical (unpaired) electrons. The molecule has 18 heavy (non-hydrogen) atoms. The first-order valence-corrected chi connectivity index (χ1v) is 6.53. The number of ketones is 1. The molecule has 0 bridgehead atoms. The Labute approximate surface area is 108 Å². The monoisotopic (exact) mass is 248 g/mol. The maximum Gasteiger partial charge on any atom is 0.198 e. The van der Waals surface area contributed by atoms with Gasteiger partial charge in [0.15, 0.2) is 5.78 Å². The Morgan fingerprint density at radius 2 is 2.11 bits per heavy atom. The number of Topliss-reactive ketones (excluding diaryl/α,β-unsaturated/α-hetero) is 1. The SMILES string of the molecule is CCC(CC)(OC)C(=O)c1cccc2c1OCC2. The number of hydrogen-bond donors (Lipinski definition) is 0. The van der Waals surface area contributed by atoms with Crippen LogP contribution in [0.25, 0.3) is 0 Å². The van der Waals surface area contributed by atoms with Crippen LogP contribution in [0.2, 0.25) is 0 Å². The molecule has 1 aromatic rings. The van der Waals surface area contributed by atoms with Gasteiger partial charge in [0.05, 0.1) is 12.2 Å². The number of ether oxygens (including phenoxy) is 2. The van der Waals surface area contributed by atoms with E-state index in [1.54, 1.807) is 7.11 Å². The van der Waals surface area contributed by atoms with Crippen molar-refractivity contribution in [2.45, 2.75) is 38.7 Å². The van der Waals surface area contributed by atoms with Gasteiger partial charge in [0, 0.05) is 13.5 Å². The third kappa shape index (κ3) is 1.93. The van der Waals surface area contributed by atoms with Crippen molar-refractivity contribution < 1.29 is 14.3 Å². The fraction of sp³-hybridized carbons (Fsp3) is 0.533. The van der Waals surface area contributed by atoms with E-state index in [4.69, 9.17) is 9.47 Å². The first-order chi connectivity index (χ1) is 8.68. The van der Waals surface area contributed by atoms with Crippen molar-refractivity contribution in [2.75, 3.05) is 13.7 Å². The summed E-state index contributed by atoms with van der Waals surface area (Å²) in [6, 6.07) is 5.78. The highest BCUT2D eigenvalue weighted by molar-refractivity contribution is 6.05. The number of para-hydroxylation sites is 1. The molecular weight excluding hydrogens is 228 g/mol. The molecule has 0 saturated heterocycles. The first kappa shape index (κ1) is 13.1. The van der Waals surface area contributed by atoms with E-state index >= 15 is 0 Å². The largest absolute Gasteiger partial charge is 0.492 e. The zero-order chi connectivity index (χ0) is 13.2. The van der Waals surface area contributed by atoms with Gasteiger partial charge in [-0.05, 0) is 24.5 Å². The Bertz CT molecular complexity index is 439. The molecule has 0 saturated carbocycles. The topological polar surface area (TPSA) is 35.5 Å². The summed E-state index contributed by atoms with van der Waals surface area (Å²) < 4.78 is 11.1. The van der Waals surface area contributed by atoms with E-state index in [-0.39, 0.29) is 5.78 Å². The van der Waals surface area contributed by atoms with Crippen molar-refractivity contribution in [3.05, 3.63) is 29.3 Å². The number of benzene rings is 1. The van der Waals surface area contributed by atoms with Crippen LogP contribution >= 0.6 is 0 Å². The molecule has 3 heteroatoms. The van der Waals surface area contributed by atoms with Crippen LogP contribution in [0.3, 0.4) is 0 Å². The van der Waals surface area contributed by atoms with Crippen molar-refractivity contribution in [3.8, 4) is 5.75 Å². The zero-order valence-corrected chi connectivity index (χ0v) is 11.3. The molecule has 3 nitrogen and oxygen atoms in total. The number of carbonyl (C=O) groups excluding carboxylic acids is 1. The summed E-state index contributed by atoms with van der Waals surface area (Å²) in [7, 11) is 1.61. The molecule has 0 spiro atoms. The Kier molecular flexibility index (Phi) is 3.71. The molecular formula is C15H20O3. The van der Waals surface area contributed by atoms with Gasteiger partial charge in [-0.15, -0.1) is 0 Å². The molecule has 0 aromatic heterocycles. The molecule has 0 N–H and O–H groups in total. The Balaban J connectivity index is 2.43. The zero-order valence-electron chi connectivity index (χ0n) is 11.3. The van der Waals surface area contributed by atoms with Gasteiger partial charge in [-0.3, -0.25) is 4.79 Å². The minimum absolute atomic E-state index is 0.0359. The summed E-state index contributed by atoms with van der Waals surface area (Å²) in [6.45, 7) is 4.63. The summed E-state index contributed by atoms with van der Waals surface area (Å²) in [4.78, 5) is 12.7. The van der Waals surface area contributed by atoms with Crippen LogP contribution in [0, 0.1) is 0 Å². The fourth-order valence-electron chi connectivity index (χ4n) is 2.59. The van der Waals surface area contributed by atoms with E-state index in [0.717, 1.165) is 17.7 Å². The van der Waals surface area contributed by atoms with Gasteiger partial charge in [0.1, 0.15) is 11.4 Å². The lowest BCUT2D eigenvalue weighted by Crippen LogP contribution is -2.39. The van der Waals surface area contributed by atoms with Gasteiger partial charge in [0.25, 0.3) is 0 Å². The van der Waals surface area contributed by atoms with Crippen LogP contribution in [0.4, 0.5) is 0 Å². The minimum Gasteiger partial charge on any atom is -0.492 e. The standard InChI is InChI=1S/C15H20O3/c1-4-15(5-2,17-3)14(16)12-8-6-7-11-9-10-18-13(11)12/h6-8H,4-5,9-10H2,1-3H3. The predicted molar refractivity (Wildman–Crippen MR) is 70.3 cm³/mol. The summed E-state index contributed by atoms with van der Waals surface area (Å²) in [6.07, 6.45) is 2.22. The normalized spacial score (nSPS) is 14.2. The first-order valence-electron chi connectivity index (χ1n) is 6.53. The second kappa shape index (κ2) is 5.11. The van der Waals surface area contributed by atoms with Crippen molar-refractivity contribution in [1.82, 2.24) is 0 Å². The summed E-state index contributed by atoms with van der Waals surface area (Å²) in [5, 5.41) is 0. The molecule has 0 fully saturated rings. The quantitative estimate of drug-likeness (QED) is 0.751. The van der Waals surface area contributed by atoms with E-state index < -0.39 is 5.60 Å². The van der Waals surface area contributed by atoms with Crippen LogP contribution in [-0.2, 0) is 11.2 Å². The third-order valence-corrected chi connectivity index (χ3v) is 3.91. The second-order valence-corrected chi connectivity index (χ2v) is 4.63. The third-order valence-electron chi connectivity index (χ3n) is 3.91. The van der Waals surface area contributed by atoms with Crippen LogP contribution in [-0.4, -0.2) is 25.1 Å². The van der Waals surface area contributed by atoms with Gasteiger partial charge < -0.3 is 9.47 Å². The Morgan fingerprint density at radius 3 is 2.72 bits per heavy atom. The van der Waals surface area contributed by atoms with E-state index in [9.17, 15) is 4.79 Å². The molecule has 1 heterocycles. The van der Waals surface area contributed by atoms with Gasteiger partial charge in [0.2, 0.25) is 0 Å². The van der Waals surface area contributed by atoms with E-state index in [1.165, 1.54) is 0 Å². The fourth-order valence-corrected chi connectivity index (χ4v) is 2.59. The lowest BCUT2D eigenvalue weighted by molar-refractivity contribution is -0.00281. The van der Waals surface area contributed by atoms with Crippen LogP contribution in [0.15, 0.2) is 18.2 Å². The number of methoxy groups -OCH3 is 1. The van der Waals surface area contributed by atoms with E-state index in [2.05, 4.69) is 0 Å².